The van der Waals surface area contributed by atoms with Crippen LogP contribution in [0.15, 0.2) is 0 Å². The van der Waals surface area contributed by atoms with Crippen molar-refractivity contribution in [3.63, 3.8) is 0 Å². The zero-order valence-corrected chi connectivity index (χ0v) is 8.14. The largest absolute Gasteiger partial charge is 0.466 e. The van der Waals surface area contributed by atoms with E-state index >= 15 is 0 Å². The summed E-state index contributed by atoms with van der Waals surface area (Å²) in [6.45, 7) is 7.02. The SMILES string of the molecule is CCOC(=O)C(C)(C)CC(C)=O. The fraction of sp³-hybridized carbons (Fsp3) is 0.778. The van der Waals surface area contributed by atoms with E-state index in [0.717, 1.165) is 0 Å². The van der Waals surface area contributed by atoms with Crippen molar-refractivity contribution in [2.75, 3.05) is 6.61 Å². The van der Waals surface area contributed by atoms with Crippen molar-refractivity contribution in [3.05, 3.63) is 0 Å². The van der Waals surface area contributed by atoms with Gasteiger partial charge in [-0.15, -0.1) is 0 Å². The quantitative estimate of drug-likeness (QED) is 0.604. The zero-order chi connectivity index (χ0) is 9.78. The van der Waals surface area contributed by atoms with Gasteiger partial charge in [0.25, 0.3) is 0 Å². The first-order valence-electron chi connectivity index (χ1n) is 4.07. The second-order valence-corrected chi connectivity index (χ2v) is 3.48. The summed E-state index contributed by atoms with van der Waals surface area (Å²) in [6.07, 6.45) is 0.242. The average molecular weight is 172 g/mol. The summed E-state index contributed by atoms with van der Waals surface area (Å²) in [5, 5.41) is 0. The van der Waals surface area contributed by atoms with Crippen LogP contribution in [0, 0.1) is 5.41 Å². The monoisotopic (exact) mass is 172 g/mol. The predicted octanol–water partition coefficient (Wildman–Crippen LogP) is 1.55. The topological polar surface area (TPSA) is 43.4 Å². The number of rotatable bonds is 4. The van der Waals surface area contributed by atoms with Crippen LogP contribution in [0.4, 0.5) is 0 Å². The van der Waals surface area contributed by atoms with Gasteiger partial charge in [-0.1, -0.05) is 0 Å². The molecule has 0 saturated heterocycles. The van der Waals surface area contributed by atoms with E-state index in [9.17, 15) is 9.59 Å². The lowest BCUT2D eigenvalue weighted by Gasteiger charge is -2.20. The number of hydrogen-bond donors (Lipinski definition) is 0. The van der Waals surface area contributed by atoms with Crippen LogP contribution in [0.25, 0.3) is 0 Å². The molecule has 0 heterocycles. The average Bonchev–Trinajstić information content (AvgIpc) is 1.85. The minimum Gasteiger partial charge on any atom is -0.466 e. The van der Waals surface area contributed by atoms with Crippen LogP contribution in [0.2, 0.25) is 0 Å². The van der Waals surface area contributed by atoms with E-state index in [1.807, 2.05) is 0 Å². The number of carbonyl (C=O) groups is 2. The van der Waals surface area contributed by atoms with E-state index in [-0.39, 0.29) is 18.2 Å². The molecular formula is C9H16O3. The molecule has 0 N–H and O–H groups in total. The molecule has 0 aliphatic rings. The summed E-state index contributed by atoms with van der Waals surface area (Å²) in [5.74, 6) is -0.298. The lowest BCUT2D eigenvalue weighted by Crippen LogP contribution is -2.28. The first-order valence-corrected chi connectivity index (χ1v) is 4.07. The van der Waals surface area contributed by atoms with E-state index in [2.05, 4.69) is 0 Å². The molecule has 12 heavy (non-hydrogen) atoms. The second-order valence-electron chi connectivity index (χ2n) is 3.48. The van der Waals surface area contributed by atoms with Gasteiger partial charge >= 0.3 is 5.97 Å². The molecule has 0 aromatic rings. The first-order chi connectivity index (χ1) is 5.40. The third kappa shape index (κ3) is 3.51. The third-order valence-electron chi connectivity index (χ3n) is 1.52. The molecule has 0 aliphatic heterocycles. The van der Waals surface area contributed by atoms with Crippen molar-refractivity contribution < 1.29 is 14.3 Å². The van der Waals surface area contributed by atoms with Gasteiger partial charge in [-0.25, -0.2) is 0 Å². The molecular weight excluding hydrogens is 156 g/mol. The van der Waals surface area contributed by atoms with Crippen LogP contribution in [-0.4, -0.2) is 18.4 Å². The maximum Gasteiger partial charge on any atom is 0.311 e. The van der Waals surface area contributed by atoms with Gasteiger partial charge in [-0.05, 0) is 27.7 Å². The summed E-state index contributed by atoms with van der Waals surface area (Å²) in [6, 6.07) is 0. The minimum atomic E-state index is -0.679. The van der Waals surface area contributed by atoms with Crippen LogP contribution in [0.5, 0.6) is 0 Å². The number of hydrogen-bond acceptors (Lipinski definition) is 3. The normalized spacial score (nSPS) is 11.0. The maximum absolute atomic E-state index is 11.2. The summed E-state index contributed by atoms with van der Waals surface area (Å²) in [5.41, 5.74) is -0.679. The molecule has 0 spiro atoms. The Balaban J connectivity index is 4.18. The molecule has 0 aromatic carbocycles. The van der Waals surface area contributed by atoms with Gasteiger partial charge in [0.1, 0.15) is 5.78 Å². The number of Topliss-reactive ketones (excluding diaryl/α,β-unsaturated/α-hetero) is 1. The van der Waals surface area contributed by atoms with Crippen molar-refractivity contribution in [3.8, 4) is 0 Å². The van der Waals surface area contributed by atoms with Crippen LogP contribution in [-0.2, 0) is 14.3 Å². The van der Waals surface area contributed by atoms with E-state index < -0.39 is 5.41 Å². The van der Waals surface area contributed by atoms with Crippen LogP contribution >= 0.6 is 0 Å². The standard InChI is InChI=1S/C9H16O3/c1-5-12-8(11)9(3,4)6-7(2)10/h5-6H2,1-4H3. The van der Waals surface area contributed by atoms with Gasteiger partial charge in [0, 0.05) is 6.42 Å². The highest BCUT2D eigenvalue weighted by Crippen LogP contribution is 2.22. The summed E-state index contributed by atoms with van der Waals surface area (Å²) >= 11 is 0. The molecule has 0 atom stereocenters. The number of carbonyl (C=O) groups excluding carboxylic acids is 2. The molecule has 0 aromatic heterocycles. The van der Waals surface area contributed by atoms with Crippen LogP contribution in [0.1, 0.15) is 34.1 Å². The zero-order valence-electron chi connectivity index (χ0n) is 8.14. The Bertz CT molecular complexity index is 182. The van der Waals surface area contributed by atoms with E-state index in [0.29, 0.717) is 6.61 Å². The number of ether oxygens (including phenoxy) is 1. The molecule has 0 fully saturated rings. The molecule has 3 nitrogen and oxygen atoms in total. The maximum atomic E-state index is 11.2. The summed E-state index contributed by atoms with van der Waals surface area (Å²) in [4.78, 5) is 22.0. The van der Waals surface area contributed by atoms with Crippen molar-refractivity contribution >= 4 is 11.8 Å². The molecule has 0 aliphatic carbocycles. The summed E-state index contributed by atoms with van der Waals surface area (Å²) < 4.78 is 4.82. The molecule has 0 bridgehead atoms. The Hall–Kier alpha value is -0.860. The Kier molecular flexibility index (Phi) is 3.93. The van der Waals surface area contributed by atoms with Gasteiger partial charge in [0.05, 0.1) is 12.0 Å². The van der Waals surface area contributed by atoms with Crippen molar-refractivity contribution in [2.45, 2.75) is 34.1 Å². The first kappa shape index (κ1) is 11.1. The lowest BCUT2D eigenvalue weighted by molar-refractivity contribution is -0.155. The Morgan fingerprint density at radius 1 is 1.33 bits per heavy atom. The van der Waals surface area contributed by atoms with Crippen LogP contribution < -0.4 is 0 Å². The highest BCUT2D eigenvalue weighted by atomic mass is 16.5. The second kappa shape index (κ2) is 4.24. The Morgan fingerprint density at radius 3 is 2.17 bits per heavy atom. The number of esters is 1. The van der Waals surface area contributed by atoms with Gasteiger partial charge in [-0.2, -0.15) is 0 Å². The molecule has 0 amide bonds. The van der Waals surface area contributed by atoms with Crippen molar-refractivity contribution in [1.82, 2.24) is 0 Å². The minimum absolute atomic E-state index is 0.00746. The lowest BCUT2D eigenvalue weighted by atomic mass is 9.88. The summed E-state index contributed by atoms with van der Waals surface area (Å²) in [7, 11) is 0. The molecule has 0 radical (unpaired) electrons. The Morgan fingerprint density at radius 2 is 1.83 bits per heavy atom. The van der Waals surface area contributed by atoms with Gasteiger partial charge in [0.15, 0.2) is 0 Å². The highest BCUT2D eigenvalue weighted by molar-refractivity contribution is 5.85. The predicted molar refractivity (Wildman–Crippen MR) is 45.7 cm³/mol. The van der Waals surface area contributed by atoms with E-state index in [1.54, 1.807) is 20.8 Å². The molecule has 0 rings (SSSR count). The van der Waals surface area contributed by atoms with Gasteiger partial charge in [0.2, 0.25) is 0 Å². The van der Waals surface area contributed by atoms with Crippen LogP contribution in [0.3, 0.4) is 0 Å². The van der Waals surface area contributed by atoms with Crippen molar-refractivity contribution in [2.24, 2.45) is 5.41 Å². The number of ketones is 1. The smallest absolute Gasteiger partial charge is 0.311 e. The van der Waals surface area contributed by atoms with Crippen molar-refractivity contribution in [1.29, 1.82) is 0 Å². The molecule has 0 unspecified atom stereocenters. The van der Waals surface area contributed by atoms with Gasteiger partial charge in [-0.3, -0.25) is 9.59 Å². The van der Waals surface area contributed by atoms with Gasteiger partial charge < -0.3 is 4.74 Å². The fourth-order valence-corrected chi connectivity index (χ4v) is 1.02. The molecule has 3 heteroatoms. The fourth-order valence-electron chi connectivity index (χ4n) is 1.02. The molecule has 70 valence electrons. The Labute approximate surface area is 73.1 Å². The highest BCUT2D eigenvalue weighted by Gasteiger charge is 2.30. The van der Waals surface area contributed by atoms with E-state index in [1.165, 1.54) is 6.92 Å². The van der Waals surface area contributed by atoms with E-state index in [4.69, 9.17) is 4.74 Å². The third-order valence-corrected chi connectivity index (χ3v) is 1.52. The molecule has 0 saturated carbocycles.